The second kappa shape index (κ2) is 7.64. The van der Waals surface area contributed by atoms with Crippen LogP contribution in [0.5, 0.6) is 0 Å². The normalized spacial score (nSPS) is 17.6. The van der Waals surface area contributed by atoms with Crippen LogP contribution < -0.4 is 10.5 Å². The van der Waals surface area contributed by atoms with E-state index in [0.29, 0.717) is 16.5 Å². The molecule has 1 N–H and O–H groups in total. The molecular formula is C24H26N6O3S. The van der Waals surface area contributed by atoms with E-state index in [-0.39, 0.29) is 21.1 Å². The molecule has 0 radical (unpaired) electrons. The van der Waals surface area contributed by atoms with E-state index in [0.717, 1.165) is 43.5 Å². The molecule has 1 saturated heterocycles. The number of fused-ring (bicyclic) bond motifs is 3. The Balaban J connectivity index is 1.44. The lowest BCUT2D eigenvalue weighted by molar-refractivity contribution is 0.248. The van der Waals surface area contributed by atoms with Crippen LogP contribution in [-0.2, 0) is 9.84 Å². The number of aromatic nitrogens is 4. The maximum Gasteiger partial charge on any atom is 0.259 e. The summed E-state index contributed by atoms with van der Waals surface area (Å²) in [4.78, 5) is 20.6. The van der Waals surface area contributed by atoms with E-state index in [1.165, 1.54) is 17.4 Å². The molecule has 0 unspecified atom stereocenters. The van der Waals surface area contributed by atoms with Crippen molar-refractivity contribution in [1.29, 1.82) is 0 Å². The van der Waals surface area contributed by atoms with Gasteiger partial charge in [-0.3, -0.25) is 9.69 Å². The highest BCUT2D eigenvalue weighted by atomic mass is 32.2. The van der Waals surface area contributed by atoms with E-state index in [1.807, 2.05) is 25.1 Å². The van der Waals surface area contributed by atoms with Crippen LogP contribution in [0, 0.1) is 13.8 Å². The van der Waals surface area contributed by atoms with Crippen LogP contribution in [0.2, 0.25) is 0 Å². The highest BCUT2D eigenvalue weighted by Gasteiger charge is 2.31. The predicted molar refractivity (Wildman–Crippen MR) is 129 cm³/mol. The summed E-state index contributed by atoms with van der Waals surface area (Å²) in [5.74, 6) is 0. The zero-order chi connectivity index (χ0) is 23.6. The minimum absolute atomic E-state index is 0.0770. The Morgan fingerprint density at radius 2 is 1.76 bits per heavy atom. The Morgan fingerprint density at radius 1 is 1.00 bits per heavy atom. The number of aromatic amines is 1. The molecule has 0 spiro atoms. The van der Waals surface area contributed by atoms with E-state index < -0.39 is 9.84 Å². The summed E-state index contributed by atoms with van der Waals surface area (Å²) in [5, 5.41) is 8.35. The number of aryl methyl sites for hydroxylation is 2. The molecule has 1 aliphatic carbocycles. The molecular weight excluding hydrogens is 452 g/mol. The summed E-state index contributed by atoms with van der Waals surface area (Å²) < 4.78 is 28.3. The molecule has 2 aromatic heterocycles. The summed E-state index contributed by atoms with van der Waals surface area (Å²) in [7, 11) is -3.97. The molecule has 6 rings (SSSR count). The average Bonchev–Trinajstić information content (AvgIpc) is 3.58. The third-order valence-electron chi connectivity index (χ3n) is 6.94. The van der Waals surface area contributed by atoms with Gasteiger partial charge in [0.05, 0.1) is 15.8 Å². The Hall–Kier alpha value is -3.24. The third-order valence-corrected chi connectivity index (χ3v) is 8.76. The molecule has 4 aromatic rings. The first-order valence-electron chi connectivity index (χ1n) is 11.6. The fourth-order valence-electron chi connectivity index (χ4n) is 4.97. The minimum Gasteiger partial charge on any atom is -0.369 e. The molecule has 0 atom stereocenters. The number of H-pyrrole nitrogens is 1. The summed E-state index contributed by atoms with van der Waals surface area (Å²) in [6, 6.07) is 11.5. The van der Waals surface area contributed by atoms with Crippen LogP contribution in [0.3, 0.4) is 0 Å². The monoisotopic (exact) mass is 478 g/mol. The van der Waals surface area contributed by atoms with Gasteiger partial charge in [0, 0.05) is 37.9 Å². The van der Waals surface area contributed by atoms with Crippen molar-refractivity contribution in [2.24, 2.45) is 0 Å². The van der Waals surface area contributed by atoms with Gasteiger partial charge < -0.3 is 9.88 Å². The van der Waals surface area contributed by atoms with Gasteiger partial charge in [-0.25, -0.2) is 8.42 Å². The largest absolute Gasteiger partial charge is 0.369 e. The fraction of sp³-hybridized carbons (Fsp3) is 0.375. The average molecular weight is 479 g/mol. The molecule has 1 saturated carbocycles. The van der Waals surface area contributed by atoms with Crippen molar-refractivity contribution in [3.05, 3.63) is 57.9 Å². The summed E-state index contributed by atoms with van der Waals surface area (Å²) >= 11 is 0. The third kappa shape index (κ3) is 3.40. The van der Waals surface area contributed by atoms with Gasteiger partial charge >= 0.3 is 0 Å². The summed E-state index contributed by atoms with van der Waals surface area (Å²) in [5.41, 5.74) is 2.82. The predicted octanol–water partition coefficient (Wildman–Crippen LogP) is 2.30. The number of anilines is 1. The summed E-state index contributed by atoms with van der Waals surface area (Å²) in [6.45, 7) is 7.53. The molecule has 3 heterocycles. The van der Waals surface area contributed by atoms with Gasteiger partial charge in [0.25, 0.3) is 5.56 Å². The first-order chi connectivity index (χ1) is 16.3. The number of benzene rings is 2. The van der Waals surface area contributed by atoms with Gasteiger partial charge in [-0.2, -0.15) is 4.52 Å². The quantitative estimate of drug-likeness (QED) is 0.480. The van der Waals surface area contributed by atoms with Crippen molar-refractivity contribution >= 4 is 32.1 Å². The smallest absolute Gasteiger partial charge is 0.259 e. The molecule has 2 aliphatic rings. The van der Waals surface area contributed by atoms with Crippen LogP contribution in [0.25, 0.3) is 16.6 Å². The lowest BCUT2D eigenvalue weighted by Gasteiger charge is -2.36. The SMILES string of the molecule is Cc1ccc(S(=O)(=O)c2nnn3c2[nH]c(=O)c2ccc(N4CCN(C5CC5)CC4)cc23)c(C)c1. The van der Waals surface area contributed by atoms with E-state index in [2.05, 4.69) is 25.1 Å². The Kier molecular flexibility index (Phi) is 4.79. The van der Waals surface area contributed by atoms with Crippen molar-refractivity contribution < 1.29 is 8.42 Å². The molecule has 9 nitrogen and oxygen atoms in total. The number of piperazine rings is 1. The molecule has 2 fully saturated rings. The zero-order valence-electron chi connectivity index (χ0n) is 19.2. The van der Waals surface area contributed by atoms with Crippen molar-refractivity contribution in [2.75, 3.05) is 31.1 Å². The highest BCUT2D eigenvalue weighted by Crippen LogP contribution is 2.30. The fourth-order valence-corrected chi connectivity index (χ4v) is 6.45. The topological polar surface area (TPSA) is 104 Å². The number of hydrogen-bond acceptors (Lipinski definition) is 7. The van der Waals surface area contributed by atoms with Crippen LogP contribution >= 0.6 is 0 Å². The van der Waals surface area contributed by atoms with Gasteiger partial charge in [-0.15, -0.1) is 5.10 Å². The van der Waals surface area contributed by atoms with Gasteiger partial charge in [-0.1, -0.05) is 22.9 Å². The molecule has 0 bridgehead atoms. The van der Waals surface area contributed by atoms with Crippen molar-refractivity contribution in [1.82, 2.24) is 24.7 Å². The number of sulfone groups is 1. The molecule has 1 aliphatic heterocycles. The lowest BCUT2D eigenvalue weighted by atomic mass is 10.2. The highest BCUT2D eigenvalue weighted by molar-refractivity contribution is 7.91. The molecule has 34 heavy (non-hydrogen) atoms. The Bertz CT molecular complexity index is 1590. The number of nitrogens with one attached hydrogen (secondary N) is 1. The van der Waals surface area contributed by atoms with E-state index in [9.17, 15) is 13.2 Å². The van der Waals surface area contributed by atoms with Crippen molar-refractivity contribution in [2.45, 2.75) is 42.7 Å². The number of nitrogens with zero attached hydrogens (tertiary/aromatic N) is 5. The van der Waals surface area contributed by atoms with E-state index in [4.69, 9.17) is 0 Å². The second-order valence-corrected chi connectivity index (χ2v) is 11.2. The molecule has 176 valence electrons. The van der Waals surface area contributed by atoms with Crippen LogP contribution in [0.1, 0.15) is 24.0 Å². The first-order valence-corrected chi connectivity index (χ1v) is 13.0. The zero-order valence-corrected chi connectivity index (χ0v) is 20.0. The van der Waals surface area contributed by atoms with Gasteiger partial charge in [0.15, 0.2) is 5.65 Å². The summed E-state index contributed by atoms with van der Waals surface area (Å²) in [6.07, 6.45) is 2.60. The maximum absolute atomic E-state index is 13.4. The lowest BCUT2D eigenvalue weighted by Crippen LogP contribution is -2.47. The van der Waals surface area contributed by atoms with Gasteiger partial charge in [0.1, 0.15) is 0 Å². The molecule has 10 heteroatoms. The maximum atomic E-state index is 13.4. The standard InChI is InChI=1S/C24H26N6O3S/c1-15-3-8-21(16(2)13-15)34(32,33)24-22-25-23(31)19-7-6-18(14-20(19)30(22)27-26-24)29-11-9-28(10-12-29)17-4-5-17/h3,6-8,13-14,17H,4-5,9-12H2,1-2H3,(H,25,31). The molecule has 2 aromatic carbocycles. The number of hydrogen-bond donors (Lipinski definition) is 1. The Morgan fingerprint density at radius 3 is 2.47 bits per heavy atom. The van der Waals surface area contributed by atoms with Crippen LogP contribution in [0.15, 0.2) is 51.1 Å². The minimum atomic E-state index is -3.97. The number of rotatable bonds is 4. The Labute approximate surface area is 196 Å². The van der Waals surface area contributed by atoms with Crippen molar-refractivity contribution in [3.8, 4) is 0 Å². The first kappa shape index (κ1) is 21.3. The van der Waals surface area contributed by atoms with E-state index >= 15 is 0 Å². The van der Waals surface area contributed by atoms with Crippen molar-refractivity contribution in [3.63, 3.8) is 0 Å². The molecule has 0 amide bonds. The van der Waals surface area contributed by atoms with Crippen LogP contribution in [-0.4, -0.2) is 65.4 Å². The van der Waals surface area contributed by atoms with Gasteiger partial charge in [0.2, 0.25) is 14.9 Å². The second-order valence-electron chi connectivity index (χ2n) is 9.34. The van der Waals surface area contributed by atoms with Crippen LogP contribution in [0.4, 0.5) is 5.69 Å². The van der Waals surface area contributed by atoms with E-state index in [1.54, 1.807) is 25.1 Å². The van der Waals surface area contributed by atoms with Gasteiger partial charge in [-0.05, 0) is 56.5 Å².